The van der Waals surface area contributed by atoms with Crippen LogP contribution in [0.5, 0.6) is 5.75 Å². The van der Waals surface area contributed by atoms with Crippen LogP contribution >= 0.6 is 0 Å². The number of rotatable bonds is 5. The van der Waals surface area contributed by atoms with E-state index in [2.05, 4.69) is 30.5 Å². The van der Waals surface area contributed by atoms with E-state index in [1.165, 1.54) is 0 Å². The summed E-state index contributed by atoms with van der Waals surface area (Å²) in [6.45, 7) is 3.90. The Labute approximate surface area is 179 Å². The third kappa shape index (κ3) is 4.32. The minimum absolute atomic E-state index is 0.289. The van der Waals surface area contributed by atoms with Crippen LogP contribution in [0.15, 0.2) is 54.9 Å². The van der Waals surface area contributed by atoms with Gasteiger partial charge in [-0.3, -0.25) is 14.7 Å². The van der Waals surface area contributed by atoms with Crippen molar-refractivity contribution in [3.8, 4) is 17.1 Å². The van der Waals surface area contributed by atoms with Gasteiger partial charge in [0.05, 0.1) is 30.3 Å². The molecule has 2 aliphatic rings. The summed E-state index contributed by atoms with van der Waals surface area (Å²) in [5, 5.41) is 5.91. The summed E-state index contributed by atoms with van der Waals surface area (Å²) in [6, 6.07) is 13.1. The first kappa shape index (κ1) is 19.4. The quantitative estimate of drug-likeness (QED) is 0.650. The molecule has 1 aromatic carbocycles. The highest BCUT2D eigenvalue weighted by molar-refractivity contribution is 5.99. The number of morpholine rings is 1. The maximum absolute atomic E-state index is 12.6. The maximum atomic E-state index is 12.6. The lowest BCUT2D eigenvalue weighted by molar-refractivity contribution is -0.122. The Balaban J connectivity index is 1.35. The standard InChI is InChI=1S/C22H22N6O3/c29-20-21(27-22-24-9-7-17(26-22)16-5-1-2-8-23-16)31-19-15(4-3-6-18(19)25-20)14-28-10-12-30-13-11-28/h1-9,21H,10-14H2,(H,25,29)(H,24,26,27). The first-order chi connectivity index (χ1) is 15.3. The van der Waals surface area contributed by atoms with Gasteiger partial charge in [-0.05, 0) is 24.3 Å². The highest BCUT2D eigenvalue weighted by Crippen LogP contribution is 2.34. The second kappa shape index (κ2) is 8.66. The second-order valence-electron chi connectivity index (χ2n) is 7.29. The summed E-state index contributed by atoms with van der Waals surface area (Å²) in [4.78, 5) is 27.9. The Morgan fingerprint density at radius 3 is 2.77 bits per heavy atom. The van der Waals surface area contributed by atoms with Gasteiger partial charge in [0.1, 0.15) is 0 Å². The minimum Gasteiger partial charge on any atom is -0.459 e. The van der Waals surface area contributed by atoms with Gasteiger partial charge in [-0.25, -0.2) is 9.97 Å². The SMILES string of the molecule is O=C1Nc2cccc(CN3CCOCC3)c2OC1Nc1nccc(-c2ccccn2)n1. The Morgan fingerprint density at radius 1 is 1.03 bits per heavy atom. The monoisotopic (exact) mass is 418 g/mol. The summed E-state index contributed by atoms with van der Waals surface area (Å²) in [6.07, 6.45) is 2.38. The number of nitrogens with zero attached hydrogens (tertiary/aromatic N) is 4. The van der Waals surface area contributed by atoms with Gasteiger partial charge in [-0.15, -0.1) is 0 Å². The summed E-state index contributed by atoms with van der Waals surface area (Å²) >= 11 is 0. The molecule has 158 valence electrons. The molecule has 31 heavy (non-hydrogen) atoms. The lowest BCUT2D eigenvalue weighted by atomic mass is 10.1. The zero-order chi connectivity index (χ0) is 21.0. The molecule has 2 aliphatic heterocycles. The second-order valence-corrected chi connectivity index (χ2v) is 7.29. The molecule has 2 aromatic heterocycles. The number of hydrogen-bond donors (Lipinski definition) is 2. The molecule has 3 aromatic rings. The number of carbonyl (C=O) groups is 1. The third-order valence-electron chi connectivity index (χ3n) is 5.17. The fourth-order valence-electron chi connectivity index (χ4n) is 3.61. The Kier molecular flexibility index (Phi) is 5.42. The zero-order valence-electron chi connectivity index (χ0n) is 16.8. The van der Waals surface area contributed by atoms with Crippen LogP contribution in [0.2, 0.25) is 0 Å². The normalized spacial score (nSPS) is 18.6. The van der Waals surface area contributed by atoms with Gasteiger partial charge in [-0.2, -0.15) is 0 Å². The first-order valence-corrected chi connectivity index (χ1v) is 10.2. The van der Waals surface area contributed by atoms with E-state index < -0.39 is 6.23 Å². The number of carbonyl (C=O) groups excluding carboxylic acids is 1. The van der Waals surface area contributed by atoms with Gasteiger partial charge in [-0.1, -0.05) is 18.2 Å². The number of amides is 1. The molecule has 1 fully saturated rings. The number of aromatic nitrogens is 3. The number of anilines is 2. The molecule has 1 atom stereocenters. The van der Waals surface area contributed by atoms with E-state index in [-0.39, 0.29) is 11.9 Å². The number of para-hydroxylation sites is 1. The van der Waals surface area contributed by atoms with E-state index in [1.54, 1.807) is 18.5 Å². The smallest absolute Gasteiger partial charge is 0.287 e. The van der Waals surface area contributed by atoms with Crippen molar-refractivity contribution in [3.05, 3.63) is 60.4 Å². The molecule has 0 spiro atoms. The molecule has 0 saturated carbocycles. The van der Waals surface area contributed by atoms with Crippen molar-refractivity contribution in [2.75, 3.05) is 36.9 Å². The first-order valence-electron chi connectivity index (χ1n) is 10.2. The van der Waals surface area contributed by atoms with Crippen LogP contribution in [0.3, 0.4) is 0 Å². The highest BCUT2D eigenvalue weighted by Gasteiger charge is 2.30. The molecule has 9 nitrogen and oxygen atoms in total. The Morgan fingerprint density at radius 2 is 1.94 bits per heavy atom. The average molecular weight is 418 g/mol. The zero-order valence-corrected chi connectivity index (χ0v) is 16.8. The predicted molar refractivity (Wildman–Crippen MR) is 114 cm³/mol. The van der Waals surface area contributed by atoms with Crippen LogP contribution in [0.4, 0.5) is 11.6 Å². The van der Waals surface area contributed by atoms with Crippen molar-refractivity contribution >= 4 is 17.5 Å². The van der Waals surface area contributed by atoms with E-state index in [1.807, 2.05) is 36.4 Å². The molecule has 0 bridgehead atoms. The van der Waals surface area contributed by atoms with Crippen molar-refractivity contribution in [2.24, 2.45) is 0 Å². The van der Waals surface area contributed by atoms with E-state index in [0.717, 1.165) is 44.1 Å². The van der Waals surface area contributed by atoms with Crippen molar-refractivity contribution in [1.82, 2.24) is 19.9 Å². The molecule has 4 heterocycles. The topological polar surface area (TPSA) is 102 Å². The number of benzene rings is 1. The summed E-state index contributed by atoms with van der Waals surface area (Å²) in [5.74, 6) is 0.646. The fraction of sp³-hybridized carbons (Fsp3) is 0.273. The van der Waals surface area contributed by atoms with Crippen molar-refractivity contribution in [3.63, 3.8) is 0 Å². The minimum atomic E-state index is -0.947. The van der Waals surface area contributed by atoms with Crippen molar-refractivity contribution in [1.29, 1.82) is 0 Å². The van der Waals surface area contributed by atoms with Gasteiger partial charge in [0.15, 0.2) is 5.75 Å². The van der Waals surface area contributed by atoms with Crippen LogP contribution in [0.1, 0.15) is 5.56 Å². The molecule has 0 radical (unpaired) electrons. The molecule has 1 amide bonds. The van der Waals surface area contributed by atoms with Crippen LogP contribution in [0, 0.1) is 0 Å². The predicted octanol–water partition coefficient (Wildman–Crippen LogP) is 2.14. The molecule has 1 unspecified atom stereocenters. The van der Waals surface area contributed by atoms with E-state index >= 15 is 0 Å². The number of fused-ring (bicyclic) bond motifs is 1. The fourth-order valence-corrected chi connectivity index (χ4v) is 3.61. The summed E-state index contributed by atoms with van der Waals surface area (Å²) in [5.41, 5.74) is 3.05. The largest absolute Gasteiger partial charge is 0.459 e. The van der Waals surface area contributed by atoms with Gasteiger partial charge in [0.25, 0.3) is 12.1 Å². The van der Waals surface area contributed by atoms with E-state index in [0.29, 0.717) is 17.1 Å². The molecule has 0 aliphatic carbocycles. The van der Waals surface area contributed by atoms with Crippen molar-refractivity contribution < 1.29 is 14.3 Å². The molecule has 9 heteroatoms. The highest BCUT2D eigenvalue weighted by atomic mass is 16.5. The number of hydrogen-bond acceptors (Lipinski definition) is 8. The van der Waals surface area contributed by atoms with Gasteiger partial charge < -0.3 is 20.1 Å². The van der Waals surface area contributed by atoms with Gasteiger partial charge in [0.2, 0.25) is 5.95 Å². The number of pyridine rings is 1. The van der Waals surface area contributed by atoms with Crippen molar-refractivity contribution in [2.45, 2.75) is 12.8 Å². The third-order valence-corrected chi connectivity index (χ3v) is 5.17. The van der Waals surface area contributed by atoms with E-state index in [9.17, 15) is 4.79 Å². The molecular formula is C22H22N6O3. The Hall–Kier alpha value is -3.56. The lowest BCUT2D eigenvalue weighted by Crippen LogP contribution is -2.43. The van der Waals surface area contributed by atoms with Crippen LogP contribution in [-0.2, 0) is 16.1 Å². The molecule has 1 saturated heterocycles. The maximum Gasteiger partial charge on any atom is 0.287 e. The van der Waals surface area contributed by atoms with E-state index in [4.69, 9.17) is 9.47 Å². The molecule has 5 rings (SSSR count). The summed E-state index contributed by atoms with van der Waals surface area (Å²) < 4.78 is 11.5. The van der Waals surface area contributed by atoms with Gasteiger partial charge in [0, 0.05) is 37.6 Å². The average Bonchev–Trinajstić information content (AvgIpc) is 2.81. The van der Waals surface area contributed by atoms with Crippen LogP contribution < -0.4 is 15.4 Å². The van der Waals surface area contributed by atoms with Crippen LogP contribution in [-0.4, -0.2) is 58.3 Å². The number of ether oxygens (including phenoxy) is 2. The van der Waals surface area contributed by atoms with Crippen LogP contribution in [0.25, 0.3) is 11.4 Å². The Bertz CT molecular complexity index is 1070. The summed E-state index contributed by atoms with van der Waals surface area (Å²) in [7, 11) is 0. The van der Waals surface area contributed by atoms with Gasteiger partial charge >= 0.3 is 0 Å². The number of nitrogens with one attached hydrogen (secondary N) is 2. The molecule has 2 N–H and O–H groups in total. The lowest BCUT2D eigenvalue weighted by Gasteiger charge is -2.31. The molecular weight excluding hydrogens is 396 g/mol.